The summed E-state index contributed by atoms with van der Waals surface area (Å²) in [5.41, 5.74) is 2.87. The fourth-order valence-corrected chi connectivity index (χ4v) is 3.95. The summed E-state index contributed by atoms with van der Waals surface area (Å²) in [4.78, 5) is 14.8. The number of carbonyl (C=O) groups is 1. The molecule has 0 atom stereocenters. The molecule has 150 valence electrons. The Kier molecular flexibility index (Phi) is 7.90. The number of carbonyl (C=O) groups excluding carboxylic acids is 1. The SMILES string of the molecule is CN(Cc1ccccc1NC(=O)COCc1ccccc1Cl)C1CCCCC1. The van der Waals surface area contributed by atoms with Crippen molar-refractivity contribution >= 4 is 23.2 Å². The molecule has 1 aliphatic rings. The van der Waals surface area contributed by atoms with Crippen LogP contribution in [0.15, 0.2) is 48.5 Å². The summed E-state index contributed by atoms with van der Waals surface area (Å²) in [5.74, 6) is -0.153. The molecule has 1 N–H and O–H groups in total. The van der Waals surface area contributed by atoms with Crippen LogP contribution in [0.1, 0.15) is 43.2 Å². The first-order valence-electron chi connectivity index (χ1n) is 10.0. The number of ether oxygens (including phenoxy) is 1. The molecule has 3 rings (SSSR count). The van der Waals surface area contributed by atoms with E-state index >= 15 is 0 Å². The molecule has 1 fully saturated rings. The van der Waals surface area contributed by atoms with Crippen LogP contribution in [0, 0.1) is 0 Å². The summed E-state index contributed by atoms with van der Waals surface area (Å²) < 4.78 is 5.54. The van der Waals surface area contributed by atoms with Gasteiger partial charge in [-0.05, 0) is 43.1 Å². The fourth-order valence-electron chi connectivity index (χ4n) is 3.76. The van der Waals surface area contributed by atoms with Gasteiger partial charge in [0.05, 0.1) is 6.61 Å². The van der Waals surface area contributed by atoms with Crippen LogP contribution in [0.25, 0.3) is 0 Å². The minimum atomic E-state index is -0.153. The van der Waals surface area contributed by atoms with Crippen molar-refractivity contribution in [3.05, 3.63) is 64.7 Å². The molecule has 2 aromatic rings. The molecule has 2 aromatic carbocycles. The maximum absolute atomic E-state index is 12.3. The molecule has 0 bridgehead atoms. The van der Waals surface area contributed by atoms with Crippen molar-refractivity contribution in [2.45, 2.75) is 51.3 Å². The first kappa shape index (κ1) is 20.8. The molecule has 1 amide bonds. The van der Waals surface area contributed by atoms with Crippen LogP contribution in [-0.4, -0.2) is 30.5 Å². The third-order valence-electron chi connectivity index (χ3n) is 5.36. The van der Waals surface area contributed by atoms with Crippen LogP contribution in [0.5, 0.6) is 0 Å². The van der Waals surface area contributed by atoms with E-state index in [0.29, 0.717) is 17.7 Å². The molecule has 4 nitrogen and oxygen atoms in total. The lowest BCUT2D eigenvalue weighted by Gasteiger charge is -2.31. The molecule has 1 saturated carbocycles. The number of para-hydroxylation sites is 1. The van der Waals surface area contributed by atoms with E-state index in [4.69, 9.17) is 16.3 Å². The number of hydrogen-bond acceptors (Lipinski definition) is 3. The van der Waals surface area contributed by atoms with Crippen molar-refractivity contribution in [2.75, 3.05) is 19.0 Å². The monoisotopic (exact) mass is 400 g/mol. The third-order valence-corrected chi connectivity index (χ3v) is 5.73. The number of hydrogen-bond donors (Lipinski definition) is 1. The standard InChI is InChI=1S/C23H29ClN2O2/c1-26(20-11-3-2-4-12-20)15-18-9-6-8-14-22(18)25-23(27)17-28-16-19-10-5-7-13-21(19)24/h5-10,13-14,20H,2-4,11-12,15-17H2,1H3,(H,25,27). The van der Waals surface area contributed by atoms with Crippen molar-refractivity contribution in [1.82, 2.24) is 4.90 Å². The molecule has 0 unspecified atom stereocenters. The van der Waals surface area contributed by atoms with Crippen LogP contribution < -0.4 is 5.32 Å². The van der Waals surface area contributed by atoms with E-state index in [1.807, 2.05) is 42.5 Å². The Hall–Kier alpha value is -1.88. The molecule has 1 aliphatic carbocycles. The van der Waals surface area contributed by atoms with Gasteiger partial charge in [0, 0.05) is 23.3 Å². The highest BCUT2D eigenvalue weighted by Crippen LogP contribution is 2.25. The normalized spacial score (nSPS) is 15.0. The van der Waals surface area contributed by atoms with Gasteiger partial charge in [-0.15, -0.1) is 0 Å². The Balaban J connectivity index is 1.52. The maximum Gasteiger partial charge on any atom is 0.250 e. The first-order valence-corrected chi connectivity index (χ1v) is 10.4. The lowest BCUT2D eigenvalue weighted by Crippen LogP contribution is -2.33. The van der Waals surface area contributed by atoms with Crippen LogP contribution in [0.4, 0.5) is 5.69 Å². The summed E-state index contributed by atoms with van der Waals surface area (Å²) in [7, 11) is 2.18. The lowest BCUT2D eigenvalue weighted by molar-refractivity contribution is -0.121. The maximum atomic E-state index is 12.3. The summed E-state index contributed by atoms with van der Waals surface area (Å²) in [5, 5.41) is 3.65. The van der Waals surface area contributed by atoms with Crippen LogP contribution in [-0.2, 0) is 22.7 Å². The van der Waals surface area contributed by atoms with Crippen molar-refractivity contribution < 1.29 is 9.53 Å². The van der Waals surface area contributed by atoms with Crippen LogP contribution in [0.3, 0.4) is 0 Å². The van der Waals surface area contributed by atoms with Gasteiger partial charge in [0.25, 0.3) is 0 Å². The first-order chi connectivity index (χ1) is 13.6. The molecule has 0 saturated heterocycles. The van der Waals surface area contributed by atoms with Gasteiger partial charge in [-0.2, -0.15) is 0 Å². The summed E-state index contributed by atoms with van der Waals surface area (Å²) >= 11 is 6.12. The van der Waals surface area contributed by atoms with E-state index in [0.717, 1.165) is 23.4 Å². The van der Waals surface area contributed by atoms with Gasteiger partial charge in [0.1, 0.15) is 6.61 Å². The predicted molar refractivity (Wildman–Crippen MR) is 115 cm³/mol. The molecule has 0 heterocycles. The van der Waals surface area contributed by atoms with Gasteiger partial charge in [-0.25, -0.2) is 0 Å². The van der Waals surface area contributed by atoms with Crippen molar-refractivity contribution in [1.29, 1.82) is 0 Å². The highest BCUT2D eigenvalue weighted by Gasteiger charge is 2.19. The van der Waals surface area contributed by atoms with Gasteiger partial charge in [0.2, 0.25) is 5.91 Å². The summed E-state index contributed by atoms with van der Waals surface area (Å²) in [6.45, 7) is 1.15. The molecular formula is C23H29ClN2O2. The van der Waals surface area contributed by atoms with Gasteiger partial charge in [-0.3, -0.25) is 9.69 Å². The lowest BCUT2D eigenvalue weighted by atomic mass is 9.94. The molecule has 0 aliphatic heterocycles. The average Bonchev–Trinajstić information content (AvgIpc) is 2.71. The summed E-state index contributed by atoms with van der Waals surface area (Å²) in [6, 6.07) is 16.1. The molecule has 0 spiro atoms. The van der Waals surface area contributed by atoms with E-state index in [1.165, 1.54) is 32.1 Å². The Morgan fingerprint density at radius 3 is 2.50 bits per heavy atom. The number of rotatable bonds is 8. The second-order valence-corrected chi connectivity index (χ2v) is 7.90. The summed E-state index contributed by atoms with van der Waals surface area (Å²) in [6.07, 6.45) is 6.51. The minimum Gasteiger partial charge on any atom is -0.367 e. The number of halogens is 1. The van der Waals surface area contributed by atoms with E-state index in [2.05, 4.69) is 23.3 Å². The Morgan fingerprint density at radius 1 is 1.07 bits per heavy atom. The fraction of sp³-hybridized carbons (Fsp3) is 0.435. The molecule has 0 radical (unpaired) electrons. The van der Waals surface area contributed by atoms with E-state index in [-0.39, 0.29) is 12.5 Å². The van der Waals surface area contributed by atoms with Crippen LogP contribution in [0.2, 0.25) is 5.02 Å². The zero-order chi connectivity index (χ0) is 19.8. The van der Waals surface area contributed by atoms with E-state index < -0.39 is 0 Å². The van der Waals surface area contributed by atoms with Gasteiger partial charge >= 0.3 is 0 Å². The van der Waals surface area contributed by atoms with E-state index in [9.17, 15) is 4.79 Å². The number of nitrogens with one attached hydrogen (secondary N) is 1. The number of nitrogens with zero attached hydrogens (tertiary/aromatic N) is 1. The second kappa shape index (κ2) is 10.6. The number of amides is 1. The third kappa shape index (κ3) is 6.06. The Bertz CT molecular complexity index is 775. The number of benzene rings is 2. The predicted octanol–water partition coefficient (Wildman–Crippen LogP) is 5.26. The van der Waals surface area contributed by atoms with Gasteiger partial charge in [0.15, 0.2) is 0 Å². The Labute approximate surface area is 172 Å². The minimum absolute atomic E-state index is 0.00196. The highest BCUT2D eigenvalue weighted by molar-refractivity contribution is 6.31. The van der Waals surface area contributed by atoms with Gasteiger partial charge < -0.3 is 10.1 Å². The average molecular weight is 401 g/mol. The van der Waals surface area contributed by atoms with Crippen LogP contribution >= 0.6 is 11.6 Å². The van der Waals surface area contributed by atoms with E-state index in [1.54, 1.807) is 0 Å². The van der Waals surface area contributed by atoms with Gasteiger partial charge in [-0.1, -0.05) is 67.3 Å². The molecule has 5 heteroatoms. The van der Waals surface area contributed by atoms with Crippen molar-refractivity contribution in [2.24, 2.45) is 0 Å². The molecule has 28 heavy (non-hydrogen) atoms. The highest BCUT2D eigenvalue weighted by atomic mass is 35.5. The molecule has 0 aromatic heterocycles. The largest absolute Gasteiger partial charge is 0.367 e. The number of anilines is 1. The molecular weight excluding hydrogens is 372 g/mol. The second-order valence-electron chi connectivity index (χ2n) is 7.50. The van der Waals surface area contributed by atoms with Crippen molar-refractivity contribution in [3.63, 3.8) is 0 Å². The van der Waals surface area contributed by atoms with Crippen molar-refractivity contribution in [3.8, 4) is 0 Å². The quantitative estimate of drug-likeness (QED) is 0.657. The topological polar surface area (TPSA) is 41.6 Å². The zero-order valence-corrected chi connectivity index (χ0v) is 17.3. The Morgan fingerprint density at radius 2 is 1.75 bits per heavy atom. The zero-order valence-electron chi connectivity index (χ0n) is 16.5. The smallest absolute Gasteiger partial charge is 0.250 e.